The average Bonchev–Trinajstić information content (AvgIpc) is 2.64. The molecule has 0 bridgehead atoms. The second-order valence-electron chi connectivity index (χ2n) is 4.97. The molecule has 0 unspecified atom stereocenters. The number of hydrogen-bond donors (Lipinski definition) is 2. The molecule has 0 aliphatic heterocycles. The maximum atomic E-state index is 11.4. The first kappa shape index (κ1) is 10.8. The summed E-state index contributed by atoms with van der Waals surface area (Å²) in [6, 6.07) is 0.495. The van der Waals surface area contributed by atoms with Gasteiger partial charge in [0.15, 0.2) is 0 Å². The van der Waals surface area contributed by atoms with Gasteiger partial charge in [-0.05, 0) is 31.6 Å². The van der Waals surface area contributed by atoms with E-state index in [4.69, 9.17) is 0 Å². The highest BCUT2D eigenvalue weighted by atomic mass is 16.2. The van der Waals surface area contributed by atoms with Crippen molar-refractivity contribution in [2.45, 2.75) is 57.4 Å². The van der Waals surface area contributed by atoms with E-state index in [1.807, 2.05) is 0 Å². The van der Waals surface area contributed by atoms with Gasteiger partial charge in [0.25, 0.3) is 0 Å². The van der Waals surface area contributed by atoms with Crippen molar-refractivity contribution in [3.05, 3.63) is 0 Å². The Morgan fingerprint density at radius 3 is 2.40 bits per heavy atom. The normalized spacial score (nSPS) is 22.4. The first-order valence-electron chi connectivity index (χ1n) is 6.39. The lowest BCUT2D eigenvalue weighted by atomic mass is 9.93. The van der Waals surface area contributed by atoms with E-state index in [1.165, 1.54) is 32.1 Å². The molecule has 2 rings (SSSR count). The Morgan fingerprint density at radius 2 is 1.80 bits per heavy atom. The molecule has 86 valence electrons. The fourth-order valence-electron chi connectivity index (χ4n) is 2.48. The van der Waals surface area contributed by atoms with Crippen molar-refractivity contribution in [1.29, 1.82) is 0 Å². The van der Waals surface area contributed by atoms with E-state index in [-0.39, 0.29) is 6.03 Å². The van der Waals surface area contributed by atoms with E-state index in [2.05, 4.69) is 10.6 Å². The number of hydrogen-bond acceptors (Lipinski definition) is 1. The van der Waals surface area contributed by atoms with Gasteiger partial charge in [0.2, 0.25) is 0 Å². The molecule has 0 spiro atoms. The molecule has 2 fully saturated rings. The summed E-state index contributed by atoms with van der Waals surface area (Å²) in [6.45, 7) is 0.850. The van der Waals surface area contributed by atoms with Crippen LogP contribution in [-0.4, -0.2) is 18.6 Å². The van der Waals surface area contributed by atoms with Gasteiger partial charge in [-0.25, -0.2) is 4.79 Å². The summed E-state index contributed by atoms with van der Waals surface area (Å²) >= 11 is 0. The second kappa shape index (κ2) is 5.38. The molecule has 0 radical (unpaired) electrons. The highest BCUT2D eigenvalue weighted by Crippen LogP contribution is 2.26. The molecule has 0 aromatic carbocycles. The summed E-state index contributed by atoms with van der Waals surface area (Å²) in [5.74, 6) is 0.869. The summed E-state index contributed by atoms with van der Waals surface area (Å²) in [7, 11) is 0. The molecule has 3 nitrogen and oxygen atoms in total. The molecule has 0 aromatic heterocycles. The zero-order chi connectivity index (χ0) is 10.5. The number of carbonyl (C=O) groups is 1. The Hall–Kier alpha value is -0.730. The van der Waals surface area contributed by atoms with E-state index in [0.717, 1.165) is 31.7 Å². The van der Waals surface area contributed by atoms with Crippen LogP contribution in [0.15, 0.2) is 0 Å². The molecule has 15 heavy (non-hydrogen) atoms. The number of urea groups is 1. The third-order valence-corrected chi connectivity index (χ3v) is 3.75. The summed E-state index contributed by atoms with van der Waals surface area (Å²) < 4.78 is 0. The van der Waals surface area contributed by atoms with Crippen molar-refractivity contribution in [1.82, 2.24) is 10.6 Å². The molecule has 2 amide bonds. The first-order chi connectivity index (χ1) is 7.34. The maximum Gasteiger partial charge on any atom is 0.315 e. The molecule has 2 aliphatic rings. The van der Waals surface area contributed by atoms with Crippen LogP contribution in [0, 0.1) is 5.92 Å². The Balaban J connectivity index is 1.50. The van der Waals surface area contributed by atoms with Gasteiger partial charge in [0.1, 0.15) is 0 Å². The molecule has 3 heteroatoms. The highest BCUT2D eigenvalue weighted by Gasteiger charge is 2.19. The van der Waals surface area contributed by atoms with E-state index in [0.29, 0.717) is 6.04 Å². The zero-order valence-corrected chi connectivity index (χ0v) is 9.43. The van der Waals surface area contributed by atoms with Crippen molar-refractivity contribution in [2.24, 2.45) is 5.92 Å². The molecule has 0 heterocycles. The predicted molar refractivity (Wildman–Crippen MR) is 60.7 cm³/mol. The SMILES string of the molecule is O=C(NCCC1CCCC1)NC1CCC1. The summed E-state index contributed by atoms with van der Waals surface area (Å²) in [5.41, 5.74) is 0. The quantitative estimate of drug-likeness (QED) is 0.735. The van der Waals surface area contributed by atoms with Crippen LogP contribution >= 0.6 is 0 Å². The van der Waals surface area contributed by atoms with Gasteiger partial charge in [-0.1, -0.05) is 25.7 Å². The van der Waals surface area contributed by atoms with Gasteiger partial charge in [-0.3, -0.25) is 0 Å². The third-order valence-electron chi connectivity index (χ3n) is 3.75. The Kier molecular flexibility index (Phi) is 3.87. The number of amides is 2. The largest absolute Gasteiger partial charge is 0.338 e. The van der Waals surface area contributed by atoms with Gasteiger partial charge in [0, 0.05) is 12.6 Å². The van der Waals surface area contributed by atoms with Gasteiger partial charge in [-0.15, -0.1) is 0 Å². The smallest absolute Gasteiger partial charge is 0.315 e. The summed E-state index contributed by atoms with van der Waals surface area (Å²) in [6.07, 6.45) is 10.3. The fraction of sp³-hybridized carbons (Fsp3) is 0.917. The predicted octanol–water partition coefficient (Wildman–Crippen LogP) is 2.42. The minimum absolute atomic E-state index is 0.0395. The second-order valence-corrected chi connectivity index (χ2v) is 4.97. The standard InChI is InChI=1S/C12H22N2O/c15-12(14-11-6-3-7-11)13-9-8-10-4-1-2-5-10/h10-11H,1-9H2,(H2,13,14,15). The van der Waals surface area contributed by atoms with Crippen molar-refractivity contribution in [3.8, 4) is 0 Å². The van der Waals surface area contributed by atoms with Crippen LogP contribution in [0.4, 0.5) is 4.79 Å². The van der Waals surface area contributed by atoms with Crippen LogP contribution in [0.1, 0.15) is 51.4 Å². The molecule has 2 N–H and O–H groups in total. The molecular formula is C12H22N2O. The zero-order valence-electron chi connectivity index (χ0n) is 9.43. The number of rotatable bonds is 4. The van der Waals surface area contributed by atoms with Crippen LogP contribution in [0.25, 0.3) is 0 Å². The molecule has 2 saturated carbocycles. The monoisotopic (exact) mass is 210 g/mol. The van der Waals surface area contributed by atoms with Crippen LogP contribution in [-0.2, 0) is 0 Å². The maximum absolute atomic E-state index is 11.4. The summed E-state index contributed by atoms with van der Waals surface area (Å²) in [4.78, 5) is 11.4. The van der Waals surface area contributed by atoms with Crippen LogP contribution in [0.3, 0.4) is 0 Å². The van der Waals surface area contributed by atoms with Gasteiger partial charge in [-0.2, -0.15) is 0 Å². The van der Waals surface area contributed by atoms with Gasteiger partial charge < -0.3 is 10.6 Å². The molecule has 0 saturated heterocycles. The highest BCUT2D eigenvalue weighted by molar-refractivity contribution is 5.74. The van der Waals surface area contributed by atoms with Crippen LogP contribution in [0.5, 0.6) is 0 Å². The van der Waals surface area contributed by atoms with Crippen LogP contribution < -0.4 is 10.6 Å². The van der Waals surface area contributed by atoms with Crippen molar-refractivity contribution < 1.29 is 4.79 Å². The lowest BCUT2D eigenvalue weighted by Crippen LogP contribution is -2.45. The Labute approximate surface area is 92.0 Å². The first-order valence-corrected chi connectivity index (χ1v) is 6.39. The van der Waals surface area contributed by atoms with Crippen LogP contribution in [0.2, 0.25) is 0 Å². The number of carbonyl (C=O) groups excluding carboxylic acids is 1. The number of nitrogens with one attached hydrogen (secondary N) is 2. The van der Waals surface area contributed by atoms with E-state index < -0.39 is 0 Å². The Bertz CT molecular complexity index is 208. The van der Waals surface area contributed by atoms with Gasteiger partial charge in [0.05, 0.1) is 0 Å². The molecule has 0 atom stereocenters. The Morgan fingerprint density at radius 1 is 1.07 bits per heavy atom. The van der Waals surface area contributed by atoms with Crippen molar-refractivity contribution in [3.63, 3.8) is 0 Å². The molecule has 0 aromatic rings. The third kappa shape index (κ3) is 3.40. The molecular weight excluding hydrogens is 188 g/mol. The summed E-state index contributed by atoms with van der Waals surface area (Å²) in [5, 5.41) is 5.95. The van der Waals surface area contributed by atoms with Crippen molar-refractivity contribution >= 4 is 6.03 Å². The topological polar surface area (TPSA) is 41.1 Å². The lowest BCUT2D eigenvalue weighted by Gasteiger charge is -2.26. The molecule has 2 aliphatic carbocycles. The minimum atomic E-state index is 0.0395. The lowest BCUT2D eigenvalue weighted by molar-refractivity contribution is 0.227. The van der Waals surface area contributed by atoms with Gasteiger partial charge >= 0.3 is 6.03 Å². The van der Waals surface area contributed by atoms with Crippen molar-refractivity contribution in [2.75, 3.05) is 6.54 Å². The minimum Gasteiger partial charge on any atom is -0.338 e. The van der Waals surface area contributed by atoms with E-state index in [9.17, 15) is 4.79 Å². The average molecular weight is 210 g/mol. The van der Waals surface area contributed by atoms with E-state index in [1.54, 1.807) is 0 Å². The van der Waals surface area contributed by atoms with E-state index >= 15 is 0 Å². The fourth-order valence-corrected chi connectivity index (χ4v) is 2.48.